The molecule has 4 aromatic rings. The molecule has 4 rings (SSSR count). The van der Waals surface area contributed by atoms with E-state index in [0.717, 1.165) is 5.69 Å². The van der Waals surface area contributed by atoms with E-state index in [-0.39, 0.29) is 12.2 Å². The van der Waals surface area contributed by atoms with Crippen LogP contribution in [-0.2, 0) is 19.6 Å². The molecule has 0 bridgehead atoms. The Labute approximate surface area is 177 Å². The molecule has 31 heavy (non-hydrogen) atoms. The van der Waals surface area contributed by atoms with Gasteiger partial charge in [0, 0.05) is 25.2 Å². The molecule has 4 N–H and O–H groups in total. The van der Waals surface area contributed by atoms with Crippen molar-refractivity contribution in [2.75, 3.05) is 0 Å². The van der Waals surface area contributed by atoms with Crippen LogP contribution in [0.5, 0.6) is 0 Å². The molecule has 3 heterocycles. The van der Waals surface area contributed by atoms with E-state index in [1.165, 1.54) is 12.1 Å². The van der Waals surface area contributed by atoms with Crippen LogP contribution in [0.25, 0.3) is 23.0 Å². The van der Waals surface area contributed by atoms with Gasteiger partial charge in [0.15, 0.2) is 11.6 Å². The maximum Gasteiger partial charge on any atom is 0.269 e. The van der Waals surface area contributed by atoms with Gasteiger partial charge in [-0.05, 0) is 29.8 Å². The van der Waals surface area contributed by atoms with Gasteiger partial charge in [0.05, 0.1) is 22.9 Å². The van der Waals surface area contributed by atoms with E-state index >= 15 is 0 Å². The van der Waals surface area contributed by atoms with Crippen molar-refractivity contribution in [3.8, 4) is 23.0 Å². The lowest BCUT2D eigenvalue weighted by Gasteiger charge is -2.07. The van der Waals surface area contributed by atoms with E-state index in [0.29, 0.717) is 47.4 Å². The van der Waals surface area contributed by atoms with Crippen molar-refractivity contribution in [1.29, 1.82) is 0 Å². The molecule has 0 saturated carbocycles. The van der Waals surface area contributed by atoms with Crippen LogP contribution in [0.3, 0.4) is 0 Å². The minimum atomic E-state index is -0.425. The average molecular weight is 416 g/mol. The van der Waals surface area contributed by atoms with Crippen LogP contribution < -0.4 is 11.5 Å². The fraction of sp³-hybridized carbons (Fsp3) is 0.143. The molecule has 156 valence electrons. The van der Waals surface area contributed by atoms with E-state index < -0.39 is 4.92 Å². The van der Waals surface area contributed by atoms with Gasteiger partial charge in [-0.25, -0.2) is 19.6 Å². The van der Waals surface area contributed by atoms with Gasteiger partial charge in [-0.15, -0.1) is 5.10 Å². The Bertz CT molecular complexity index is 1240. The molecule has 0 aliphatic carbocycles. The largest absolute Gasteiger partial charge is 0.325 e. The summed E-state index contributed by atoms with van der Waals surface area (Å²) in [5, 5.41) is 15.8. The Kier molecular flexibility index (Phi) is 5.74. The summed E-state index contributed by atoms with van der Waals surface area (Å²) in [6.07, 6.45) is 0. The smallest absolute Gasteiger partial charge is 0.269 e. The van der Waals surface area contributed by atoms with E-state index in [1.807, 2.05) is 30.3 Å². The molecular formula is C21H20N8O2. The molecule has 0 aliphatic heterocycles. The van der Waals surface area contributed by atoms with Crippen LogP contribution in [-0.4, -0.2) is 29.7 Å². The summed E-state index contributed by atoms with van der Waals surface area (Å²) in [6.45, 7) is 0.865. The summed E-state index contributed by atoms with van der Waals surface area (Å²) in [5.74, 6) is 0.924. The Morgan fingerprint density at radius 3 is 2.19 bits per heavy atom. The highest BCUT2D eigenvalue weighted by molar-refractivity contribution is 5.57. The fourth-order valence-corrected chi connectivity index (χ4v) is 3.13. The second-order valence-corrected chi connectivity index (χ2v) is 6.78. The molecule has 10 nitrogen and oxygen atoms in total. The molecule has 0 spiro atoms. The molecule has 0 radical (unpaired) electrons. The minimum Gasteiger partial charge on any atom is -0.325 e. The van der Waals surface area contributed by atoms with E-state index in [1.54, 1.807) is 22.9 Å². The number of rotatable bonds is 7. The Hall–Kier alpha value is -4.02. The van der Waals surface area contributed by atoms with Crippen molar-refractivity contribution in [3.63, 3.8) is 0 Å². The van der Waals surface area contributed by atoms with Crippen LogP contribution in [0.2, 0.25) is 0 Å². The number of benzene rings is 1. The van der Waals surface area contributed by atoms with Crippen LogP contribution in [0.1, 0.15) is 17.0 Å². The molecule has 0 saturated heterocycles. The first-order chi connectivity index (χ1) is 15.1. The highest BCUT2D eigenvalue weighted by Crippen LogP contribution is 2.23. The first-order valence-electron chi connectivity index (χ1n) is 9.58. The predicted octanol–water partition coefficient (Wildman–Crippen LogP) is 2.28. The third-order valence-corrected chi connectivity index (χ3v) is 4.62. The van der Waals surface area contributed by atoms with Gasteiger partial charge in [0.2, 0.25) is 0 Å². The van der Waals surface area contributed by atoms with Crippen molar-refractivity contribution < 1.29 is 4.92 Å². The number of aromatic nitrogens is 5. The third kappa shape index (κ3) is 4.44. The summed E-state index contributed by atoms with van der Waals surface area (Å²) in [6, 6.07) is 17.4. The van der Waals surface area contributed by atoms with Crippen LogP contribution >= 0.6 is 0 Å². The van der Waals surface area contributed by atoms with Gasteiger partial charge in [-0.3, -0.25) is 10.1 Å². The molecule has 0 amide bonds. The number of non-ortho nitro benzene ring substituents is 1. The number of nitrogens with zero attached hydrogens (tertiary/aromatic N) is 6. The molecule has 3 aromatic heterocycles. The van der Waals surface area contributed by atoms with Gasteiger partial charge in [0.25, 0.3) is 5.69 Å². The SMILES string of the molecule is NCc1cccc(-c2nc(-c3cccc(CN)n3)n(Cc3cccc([N+](=O)[O-])c3)n2)n1. The lowest BCUT2D eigenvalue weighted by Crippen LogP contribution is -2.07. The predicted molar refractivity (Wildman–Crippen MR) is 114 cm³/mol. The topological polar surface area (TPSA) is 152 Å². The number of hydrogen-bond donors (Lipinski definition) is 2. The normalized spacial score (nSPS) is 10.9. The first kappa shape index (κ1) is 20.3. The number of pyridine rings is 2. The summed E-state index contributed by atoms with van der Waals surface area (Å²) >= 11 is 0. The highest BCUT2D eigenvalue weighted by atomic mass is 16.6. The number of nitro benzene ring substituents is 1. The van der Waals surface area contributed by atoms with Gasteiger partial charge in [0.1, 0.15) is 11.4 Å². The molecular weight excluding hydrogens is 396 g/mol. The molecule has 0 unspecified atom stereocenters. The average Bonchev–Trinajstić information content (AvgIpc) is 3.23. The van der Waals surface area contributed by atoms with Crippen LogP contribution in [0, 0.1) is 10.1 Å². The number of nitro groups is 1. The van der Waals surface area contributed by atoms with Crippen LogP contribution in [0.15, 0.2) is 60.7 Å². The second kappa shape index (κ2) is 8.78. The maximum atomic E-state index is 11.1. The first-order valence-corrected chi connectivity index (χ1v) is 9.58. The molecule has 10 heteroatoms. The van der Waals surface area contributed by atoms with Crippen molar-refractivity contribution >= 4 is 5.69 Å². The highest BCUT2D eigenvalue weighted by Gasteiger charge is 2.17. The van der Waals surface area contributed by atoms with Gasteiger partial charge >= 0.3 is 0 Å². The molecule has 0 fully saturated rings. The standard InChI is InChI=1S/C21H20N8O2/c22-11-15-5-2-8-18(24-15)20-26-21(19-9-3-6-16(12-23)25-19)28(27-20)13-14-4-1-7-17(10-14)29(30)31/h1-10H,11-13,22-23H2. The molecule has 0 atom stereocenters. The monoisotopic (exact) mass is 416 g/mol. The zero-order valence-electron chi connectivity index (χ0n) is 16.5. The summed E-state index contributed by atoms with van der Waals surface area (Å²) in [7, 11) is 0. The quantitative estimate of drug-likeness (QED) is 0.344. The molecule has 1 aromatic carbocycles. The zero-order chi connectivity index (χ0) is 21.8. The van der Waals surface area contributed by atoms with Crippen molar-refractivity contribution in [1.82, 2.24) is 24.7 Å². The van der Waals surface area contributed by atoms with E-state index in [4.69, 9.17) is 11.5 Å². The Balaban J connectivity index is 1.80. The van der Waals surface area contributed by atoms with E-state index in [2.05, 4.69) is 20.1 Å². The number of hydrogen-bond acceptors (Lipinski definition) is 8. The van der Waals surface area contributed by atoms with Crippen LogP contribution in [0.4, 0.5) is 5.69 Å². The van der Waals surface area contributed by atoms with Gasteiger partial charge in [-0.1, -0.05) is 24.3 Å². The summed E-state index contributed by atoms with van der Waals surface area (Å²) < 4.78 is 1.66. The summed E-state index contributed by atoms with van der Waals surface area (Å²) in [4.78, 5) is 24.4. The molecule has 0 aliphatic rings. The number of nitrogens with two attached hydrogens (primary N) is 2. The Morgan fingerprint density at radius 1 is 0.871 bits per heavy atom. The summed E-state index contributed by atoms with van der Waals surface area (Å²) in [5.41, 5.74) is 14.8. The third-order valence-electron chi connectivity index (χ3n) is 4.62. The second-order valence-electron chi connectivity index (χ2n) is 6.78. The van der Waals surface area contributed by atoms with Gasteiger partial charge < -0.3 is 11.5 Å². The zero-order valence-corrected chi connectivity index (χ0v) is 16.5. The van der Waals surface area contributed by atoms with Crippen molar-refractivity contribution in [2.24, 2.45) is 11.5 Å². The fourth-order valence-electron chi connectivity index (χ4n) is 3.13. The minimum absolute atomic E-state index is 0.0138. The lowest BCUT2D eigenvalue weighted by atomic mass is 10.2. The van der Waals surface area contributed by atoms with Gasteiger partial charge in [-0.2, -0.15) is 0 Å². The van der Waals surface area contributed by atoms with Crippen molar-refractivity contribution in [3.05, 3.63) is 87.7 Å². The van der Waals surface area contributed by atoms with Crippen molar-refractivity contribution in [2.45, 2.75) is 19.6 Å². The Morgan fingerprint density at radius 2 is 1.52 bits per heavy atom. The van der Waals surface area contributed by atoms with E-state index in [9.17, 15) is 10.1 Å². The lowest BCUT2D eigenvalue weighted by molar-refractivity contribution is -0.384. The maximum absolute atomic E-state index is 11.1.